The van der Waals surface area contributed by atoms with Crippen LogP contribution in [0.25, 0.3) is 22.5 Å². The van der Waals surface area contributed by atoms with Crippen molar-refractivity contribution in [2.45, 2.75) is 0 Å². The molecular weight excluding hydrogens is 400 g/mol. The molecule has 3 aromatic carbocycles. The van der Waals surface area contributed by atoms with Crippen molar-refractivity contribution in [3.05, 3.63) is 90.5 Å². The predicted octanol–water partition coefficient (Wildman–Crippen LogP) is 5.30. The Kier molecular flexibility index (Phi) is 6.41. The van der Waals surface area contributed by atoms with E-state index in [2.05, 4.69) is 5.10 Å². The van der Waals surface area contributed by atoms with Gasteiger partial charge in [0.15, 0.2) is 0 Å². The van der Waals surface area contributed by atoms with Crippen molar-refractivity contribution >= 4 is 12.2 Å². The molecule has 32 heavy (non-hydrogen) atoms. The maximum Gasteiger partial charge on any atom is 0.247 e. The summed E-state index contributed by atoms with van der Waals surface area (Å²) in [6.45, 7) is 0. The standard InChI is InChI=1S/C26H24N4O2/c1-30(27-18-21-14-15-22(31-2)16-25(21)32-3)26-28-23(19-10-6-4-7-11-19)17-24(29-26)20-12-8-5-9-13-20/h4-18H,1-3H3. The number of rotatable bonds is 7. The van der Waals surface area contributed by atoms with Gasteiger partial charge in [-0.25, -0.2) is 15.0 Å². The summed E-state index contributed by atoms with van der Waals surface area (Å²) in [7, 11) is 5.07. The quantitative estimate of drug-likeness (QED) is 0.298. The van der Waals surface area contributed by atoms with Crippen molar-refractivity contribution in [2.24, 2.45) is 5.10 Å². The molecule has 0 unspecified atom stereocenters. The van der Waals surface area contributed by atoms with Crippen molar-refractivity contribution in [2.75, 3.05) is 26.3 Å². The SMILES string of the molecule is COc1ccc(C=NN(C)c2nc(-c3ccccc3)cc(-c3ccccc3)n2)c(OC)c1. The summed E-state index contributed by atoms with van der Waals surface area (Å²) in [4.78, 5) is 9.52. The summed E-state index contributed by atoms with van der Waals surface area (Å²) in [5.74, 6) is 1.89. The first kappa shape index (κ1) is 21.1. The number of aromatic nitrogens is 2. The molecule has 0 atom stereocenters. The number of hydrazone groups is 1. The molecule has 0 aliphatic heterocycles. The van der Waals surface area contributed by atoms with Crippen molar-refractivity contribution in [1.29, 1.82) is 0 Å². The maximum absolute atomic E-state index is 5.46. The molecule has 0 saturated heterocycles. The van der Waals surface area contributed by atoms with Gasteiger partial charge in [0.25, 0.3) is 0 Å². The topological polar surface area (TPSA) is 59.8 Å². The van der Waals surface area contributed by atoms with Gasteiger partial charge in [-0.2, -0.15) is 5.10 Å². The molecule has 160 valence electrons. The fraction of sp³-hybridized carbons (Fsp3) is 0.115. The number of benzene rings is 3. The van der Waals surface area contributed by atoms with Crippen LogP contribution < -0.4 is 14.5 Å². The summed E-state index contributed by atoms with van der Waals surface area (Å²) < 4.78 is 10.7. The van der Waals surface area contributed by atoms with Gasteiger partial charge in [0.2, 0.25) is 5.95 Å². The van der Waals surface area contributed by atoms with Crippen LogP contribution in [0.4, 0.5) is 5.95 Å². The number of anilines is 1. The molecule has 6 heteroatoms. The average molecular weight is 425 g/mol. The highest BCUT2D eigenvalue weighted by atomic mass is 16.5. The van der Waals surface area contributed by atoms with E-state index < -0.39 is 0 Å². The minimum Gasteiger partial charge on any atom is -0.497 e. The molecule has 0 spiro atoms. The third-order valence-corrected chi connectivity index (χ3v) is 4.95. The Morgan fingerprint density at radius 3 is 1.88 bits per heavy atom. The highest BCUT2D eigenvalue weighted by molar-refractivity contribution is 5.84. The summed E-state index contributed by atoms with van der Waals surface area (Å²) in [6.07, 6.45) is 1.72. The number of hydrogen-bond donors (Lipinski definition) is 0. The summed E-state index contributed by atoms with van der Waals surface area (Å²) in [5.41, 5.74) is 4.52. The zero-order valence-corrected chi connectivity index (χ0v) is 18.3. The first-order chi connectivity index (χ1) is 15.7. The van der Waals surface area contributed by atoms with Gasteiger partial charge in [0.1, 0.15) is 11.5 Å². The van der Waals surface area contributed by atoms with E-state index in [-0.39, 0.29) is 0 Å². The van der Waals surface area contributed by atoms with Gasteiger partial charge in [-0.15, -0.1) is 0 Å². The van der Waals surface area contributed by atoms with E-state index in [0.717, 1.165) is 33.8 Å². The maximum atomic E-state index is 5.46. The van der Waals surface area contributed by atoms with E-state index in [1.165, 1.54) is 0 Å². The van der Waals surface area contributed by atoms with Gasteiger partial charge in [-0.05, 0) is 18.2 Å². The molecule has 4 rings (SSSR count). The predicted molar refractivity (Wildman–Crippen MR) is 128 cm³/mol. The van der Waals surface area contributed by atoms with Crippen LogP contribution in [0.2, 0.25) is 0 Å². The Hall–Kier alpha value is -4.19. The van der Waals surface area contributed by atoms with Crippen LogP contribution in [0, 0.1) is 0 Å². The van der Waals surface area contributed by atoms with Gasteiger partial charge < -0.3 is 9.47 Å². The lowest BCUT2D eigenvalue weighted by Gasteiger charge is -2.14. The van der Waals surface area contributed by atoms with Crippen molar-refractivity contribution < 1.29 is 9.47 Å². The lowest BCUT2D eigenvalue weighted by molar-refractivity contribution is 0.394. The first-order valence-electron chi connectivity index (χ1n) is 10.2. The summed E-state index contributed by atoms with van der Waals surface area (Å²) in [6, 6.07) is 27.7. The third kappa shape index (κ3) is 4.75. The lowest BCUT2D eigenvalue weighted by atomic mass is 10.1. The molecule has 0 N–H and O–H groups in total. The molecular formula is C26H24N4O2. The summed E-state index contributed by atoms with van der Waals surface area (Å²) >= 11 is 0. The van der Waals surface area contributed by atoms with Crippen LogP contribution in [-0.2, 0) is 0 Å². The molecule has 0 fully saturated rings. The highest BCUT2D eigenvalue weighted by Crippen LogP contribution is 2.27. The van der Waals surface area contributed by atoms with Gasteiger partial charge in [-0.3, -0.25) is 0 Å². The normalized spacial score (nSPS) is 10.8. The number of nitrogens with zero attached hydrogens (tertiary/aromatic N) is 4. The number of hydrogen-bond acceptors (Lipinski definition) is 6. The lowest BCUT2D eigenvalue weighted by Crippen LogP contribution is -2.13. The van der Waals surface area contributed by atoms with E-state index in [1.54, 1.807) is 25.4 Å². The van der Waals surface area contributed by atoms with Gasteiger partial charge >= 0.3 is 0 Å². The van der Waals surface area contributed by atoms with E-state index in [0.29, 0.717) is 11.7 Å². The van der Waals surface area contributed by atoms with Gasteiger partial charge in [0, 0.05) is 29.8 Å². The molecule has 1 heterocycles. The zero-order valence-electron chi connectivity index (χ0n) is 18.3. The minimum atomic E-state index is 0.494. The Balaban J connectivity index is 1.71. The molecule has 0 amide bonds. The van der Waals surface area contributed by atoms with Crippen molar-refractivity contribution in [3.8, 4) is 34.0 Å². The molecule has 4 aromatic rings. The van der Waals surface area contributed by atoms with Crippen LogP contribution in [0.1, 0.15) is 5.56 Å². The van der Waals surface area contributed by atoms with Crippen LogP contribution in [0.3, 0.4) is 0 Å². The van der Waals surface area contributed by atoms with E-state index in [4.69, 9.17) is 19.4 Å². The van der Waals surface area contributed by atoms with Crippen molar-refractivity contribution in [3.63, 3.8) is 0 Å². The molecule has 0 radical (unpaired) electrons. The average Bonchev–Trinajstić information content (AvgIpc) is 2.87. The molecule has 0 aliphatic rings. The fourth-order valence-corrected chi connectivity index (χ4v) is 3.22. The van der Waals surface area contributed by atoms with Crippen LogP contribution in [0.5, 0.6) is 11.5 Å². The Morgan fingerprint density at radius 1 is 0.750 bits per heavy atom. The number of ether oxygens (including phenoxy) is 2. The minimum absolute atomic E-state index is 0.494. The second-order valence-corrected chi connectivity index (χ2v) is 7.05. The zero-order chi connectivity index (χ0) is 22.3. The van der Waals surface area contributed by atoms with E-state index >= 15 is 0 Å². The molecule has 0 aliphatic carbocycles. The molecule has 1 aromatic heterocycles. The van der Waals surface area contributed by atoms with Crippen LogP contribution in [-0.4, -0.2) is 37.4 Å². The molecule has 0 saturated carbocycles. The molecule has 0 bridgehead atoms. The number of methoxy groups -OCH3 is 2. The largest absolute Gasteiger partial charge is 0.497 e. The summed E-state index contributed by atoms with van der Waals surface area (Å²) in [5, 5.41) is 6.22. The Labute approximate surface area is 187 Å². The van der Waals surface area contributed by atoms with Crippen molar-refractivity contribution in [1.82, 2.24) is 9.97 Å². The second kappa shape index (κ2) is 9.75. The van der Waals surface area contributed by atoms with Crippen LogP contribution >= 0.6 is 0 Å². The smallest absolute Gasteiger partial charge is 0.247 e. The first-order valence-corrected chi connectivity index (χ1v) is 10.2. The van der Waals surface area contributed by atoms with E-state index in [9.17, 15) is 0 Å². The third-order valence-electron chi connectivity index (χ3n) is 4.95. The Morgan fingerprint density at radius 2 is 1.34 bits per heavy atom. The monoisotopic (exact) mass is 424 g/mol. The fourth-order valence-electron chi connectivity index (χ4n) is 3.22. The molecule has 6 nitrogen and oxygen atoms in total. The van der Waals surface area contributed by atoms with E-state index in [1.807, 2.05) is 92.0 Å². The van der Waals surface area contributed by atoms with Gasteiger partial charge in [0.05, 0.1) is 31.8 Å². The highest BCUT2D eigenvalue weighted by Gasteiger charge is 2.12. The van der Waals surface area contributed by atoms with Gasteiger partial charge in [-0.1, -0.05) is 60.7 Å². The Bertz CT molecular complexity index is 1150. The van der Waals surface area contributed by atoms with Crippen LogP contribution in [0.15, 0.2) is 90.0 Å². The second-order valence-electron chi connectivity index (χ2n) is 7.05.